The fourth-order valence-corrected chi connectivity index (χ4v) is 3.73. The molecule has 0 aromatic carbocycles. The summed E-state index contributed by atoms with van der Waals surface area (Å²) in [4.78, 5) is 0. The summed E-state index contributed by atoms with van der Waals surface area (Å²) in [5, 5.41) is 0. The zero-order valence-electron chi connectivity index (χ0n) is 22.6. The number of unbranched alkanes of at least 4 members (excludes halogenated alkanes) is 14. The maximum Gasteiger partial charge on any atom is 0.188 e. The molecule has 0 saturated carbocycles. The van der Waals surface area contributed by atoms with E-state index in [-0.39, 0.29) is 6.29 Å². The van der Waals surface area contributed by atoms with Crippen LogP contribution in [0.25, 0.3) is 0 Å². The van der Waals surface area contributed by atoms with Crippen LogP contribution < -0.4 is 0 Å². The first-order valence-corrected chi connectivity index (χ1v) is 14.4. The predicted molar refractivity (Wildman–Crippen MR) is 141 cm³/mol. The molecule has 4 nitrogen and oxygen atoms in total. The monoisotopic (exact) mass is 470 g/mol. The van der Waals surface area contributed by atoms with E-state index >= 15 is 0 Å². The van der Waals surface area contributed by atoms with E-state index in [2.05, 4.69) is 26.8 Å². The number of hydrogen-bond acceptors (Lipinski definition) is 4. The molecule has 0 aromatic rings. The summed E-state index contributed by atoms with van der Waals surface area (Å²) in [6.07, 6.45) is 27.2. The highest BCUT2D eigenvalue weighted by atomic mass is 16.7. The van der Waals surface area contributed by atoms with Crippen LogP contribution in [0.3, 0.4) is 0 Å². The molecule has 0 aliphatic rings. The first kappa shape index (κ1) is 32.4. The molecule has 0 bridgehead atoms. The summed E-state index contributed by atoms with van der Waals surface area (Å²) in [7, 11) is 0. The van der Waals surface area contributed by atoms with Crippen LogP contribution in [0.15, 0.2) is 12.3 Å². The highest BCUT2D eigenvalue weighted by molar-refractivity contribution is 4.73. The second-order valence-corrected chi connectivity index (χ2v) is 9.26. The molecule has 0 aliphatic carbocycles. The van der Waals surface area contributed by atoms with E-state index in [1.54, 1.807) is 6.26 Å². The van der Waals surface area contributed by atoms with Crippen LogP contribution in [0.2, 0.25) is 0 Å². The lowest BCUT2D eigenvalue weighted by molar-refractivity contribution is -0.146. The molecule has 0 N–H and O–H groups in total. The smallest absolute Gasteiger partial charge is 0.188 e. The molecule has 198 valence electrons. The fourth-order valence-electron chi connectivity index (χ4n) is 3.73. The van der Waals surface area contributed by atoms with Crippen LogP contribution in [0.4, 0.5) is 0 Å². The summed E-state index contributed by atoms with van der Waals surface area (Å²) < 4.78 is 23.1. The van der Waals surface area contributed by atoms with E-state index in [4.69, 9.17) is 18.9 Å². The summed E-state index contributed by atoms with van der Waals surface area (Å²) in [6, 6.07) is 0. The Bertz CT molecular complexity index is 355. The second-order valence-electron chi connectivity index (χ2n) is 9.26. The highest BCUT2D eigenvalue weighted by Gasteiger charge is 2.08. The fraction of sp³-hybridized carbons (Fsp3) is 0.931. The molecule has 4 heteroatoms. The van der Waals surface area contributed by atoms with Crippen molar-refractivity contribution in [2.45, 2.75) is 149 Å². The molecule has 0 rings (SSSR count). The normalized spacial score (nSPS) is 11.8. The van der Waals surface area contributed by atoms with Gasteiger partial charge in [-0.3, -0.25) is 0 Å². The Morgan fingerprint density at radius 3 is 1.52 bits per heavy atom. The minimum absolute atomic E-state index is 0.0969. The SMILES string of the molecule is CCCCCCCCOC(CCC=COCOCCCCCCC)OCCCCCCCC. The van der Waals surface area contributed by atoms with E-state index in [0.29, 0.717) is 6.79 Å². The molecule has 0 unspecified atom stereocenters. The molecule has 0 radical (unpaired) electrons. The highest BCUT2D eigenvalue weighted by Crippen LogP contribution is 2.11. The zero-order chi connectivity index (χ0) is 24.1. The van der Waals surface area contributed by atoms with Gasteiger partial charge in [0.25, 0.3) is 0 Å². The van der Waals surface area contributed by atoms with Crippen molar-refractivity contribution in [3.63, 3.8) is 0 Å². The van der Waals surface area contributed by atoms with E-state index in [1.807, 2.05) is 0 Å². The largest absolute Gasteiger partial charge is 0.475 e. The molecular weight excluding hydrogens is 412 g/mol. The third-order valence-corrected chi connectivity index (χ3v) is 5.91. The third kappa shape index (κ3) is 27.5. The maximum atomic E-state index is 6.07. The van der Waals surface area contributed by atoms with Crippen LogP contribution in [-0.4, -0.2) is 32.9 Å². The molecule has 0 atom stereocenters. The Morgan fingerprint density at radius 2 is 1.00 bits per heavy atom. The van der Waals surface area contributed by atoms with Crippen molar-refractivity contribution in [2.75, 3.05) is 26.6 Å². The molecule has 0 saturated heterocycles. The van der Waals surface area contributed by atoms with Gasteiger partial charge in [-0.1, -0.05) is 111 Å². The molecule has 0 heterocycles. The minimum atomic E-state index is -0.0969. The van der Waals surface area contributed by atoms with Gasteiger partial charge in [-0.25, -0.2) is 0 Å². The molecule has 0 fully saturated rings. The average Bonchev–Trinajstić information content (AvgIpc) is 2.83. The van der Waals surface area contributed by atoms with Gasteiger partial charge in [-0.05, 0) is 31.8 Å². The Morgan fingerprint density at radius 1 is 0.545 bits per heavy atom. The van der Waals surface area contributed by atoms with Gasteiger partial charge < -0.3 is 18.9 Å². The molecular formula is C29H58O4. The topological polar surface area (TPSA) is 36.9 Å². The second kappa shape index (κ2) is 29.5. The molecule has 0 spiro atoms. The van der Waals surface area contributed by atoms with Crippen LogP contribution in [0.1, 0.15) is 143 Å². The number of ether oxygens (including phenoxy) is 4. The Balaban J connectivity index is 3.87. The van der Waals surface area contributed by atoms with Crippen molar-refractivity contribution in [1.82, 2.24) is 0 Å². The van der Waals surface area contributed by atoms with Crippen molar-refractivity contribution in [3.8, 4) is 0 Å². The third-order valence-electron chi connectivity index (χ3n) is 5.91. The Kier molecular flexibility index (Phi) is 28.9. The van der Waals surface area contributed by atoms with Crippen LogP contribution in [0, 0.1) is 0 Å². The van der Waals surface area contributed by atoms with E-state index in [9.17, 15) is 0 Å². The maximum absolute atomic E-state index is 6.07. The first-order valence-electron chi connectivity index (χ1n) is 14.4. The number of allylic oxidation sites excluding steroid dienone is 1. The predicted octanol–water partition coefficient (Wildman–Crippen LogP) is 9.32. The van der Waals surface area contributed by atoms with Gasteiger partial charge in [0.1, 0.15) is 0 Å². The Labute approximate surface area is 207 Å². The summed E-state index contributed by atoms with van der Waals surface area (Å²) >= 11 is 0. The van der Waals surface area contributed by atoms with Gasteiger partial charge in [-0.15, -0.1) is 0 Å². The zero-order valence-corrected chi connectivity index (χ0v) is 22.6. The van der Waals surface area contributed by atoms with Crippen LogP contribution >= 0.6 is 0 Å². The van der Waals surface area contributed by atoms with E-state index in [0.717, 1.165) is 51.9 Å². The first-order chi connectivity index (χ1) is 16.3. The van der Waals surface area contributed by atoms with Crippen molar-refractivity contribution >= 4 is 0 Å². The lowest BCUT2D eigenvalue weighted by atomic mass is 10.1. The summed E-state index contributed by atoms with van der Waals surface area (Å²) in [5.41, 5.74) is 0. The Hall–Kier alpha value is -0.580. The molecule has 0 aliphatic heterocycles. The molecule has 0 amide bonds. The van der Waals surface area contributed by atoms with Gasteiger partial charge in [-0.2, -0.15) is 0 Å². The van der Waals surface area contributed by atoms with Crippen LogP contribution in [0.5, 0.6) is 0 Å². The summed E-state index contributed by atoms with van der Waals surface area (Å²) in [6.45, 7) is 9.50. The van der Waals surface area contributed by atoms with Crippen molar-refractivity contribution in [2.24, 2.45) is 0 Å². The van der Waals surface area contributed by atoms with Crippen molar-refractivity contribution < 1.29 is 18.9 Å². The number of rotatable bonds is 28. The van der Waals surface area contributed by atoms with Gasteiger partial charge in [0.2, 0.25) is 0 Å². The van der Waals surface area contributed by atoms with Gasteiger partial charge in [0.05, 0.1) is 12.9 Å². The van der Waals surface area contributed by atoms with Gasteiger partial charge >= 0.3 is 0 Å². The van der Waals surface area contributed by atoms with Crippen LogP contribution in [-0.2, 0) is 18.9 Å². The number of hydrogen-bond donors (Lipinski definition) is 0. The van der Waals surface area contributed by atoms with E-state index < -0.39 is 0 Å². The van der Waals surface area contributed by atoms with E-state index in [1.165, 1.54) is 89.9 Å². The quantitative estimate of drug-likeness (QED) is 0.0648. The summed E-state index contributed by atoms with van der Waals surface area (Å²) in [5.74, 6) is 0. The van der Waals surface area contributed by atoms with Gasteiger partial charge in [0, 0.05) is 19.6 Å². The minimum Gasteiger partial charge on any atom is -0.475 e. The lowest BCUT2D eigenvalue weighted by Gasteiger charge is -2.18. The standard InChI is InChI=1S/C29H58O4/c1-4-7-10-13-16-20-26-32-29(33-27-21-17-14-11-8-5-2)23-18-22-25-31-28-30-24-19-15-12-9-6-3/h22,25,29H,4-21,23-24,26-28H2,1-3H3. The lowest BCUT2D eigenvalue weighted by Crippen LogP contribution is -2.18. The average molecular weight is 471 g/mol. The van der Waals surface area contributed by atoms with Crippen molar-refractivity contribution in [3.05, 3.63) is 12.3 Å². The van der Waals surface area contributed by atoms with Crippen molar-refractivity contribution in [1.29, 1.82) is 0 Å². The molecule has 0 aromatic heterocycles. The molecule has 33 heavy (non-hydrogen) atoms. The van der Waals surface area contributed by atoms with Gasteiger partial charge in [0.15, 0.2) is 13.1 Å².